The molecule has 0 aromatic carbocycles. The molecule has 0 radical (unpaired) electrons. The van der Waals surface area contributed by atoms with Gasteiger partial charge in [0.05, 0.1) is 6.10 Å². The summed E-state index contributed by atoms with van der Waals surface area (Å²) in [7, 11) is 0. The molecule has 0 aliphatic carbocycles. The maximum atomic E-state index is 10.4. The van der Waals surface area contributed by atoms with Crippen LogP contribution in [0.5, 0.6) is 0 Å². The minimum Gasteiger partial charge on any atom is -0.392 e. The lowest BCUT2D eigenvalue weighted by molar-refractivity contribution is -0.00150. The number of rotatable bonds is 4. The van der Waals surface area contributed by atoms with Crippen LogP contribution in [0.25, 0.3) is 0 Å². The Morgan fingerprint density at radius 3 is 2.81 bits per heavy atom. The lowest BCUT2D eigenvalue weighted by Crippen LogP contribution is -2.35. The molecule has 1 aliphatic rings. The molecular formula is C12H19NO2S. The van der Waals surface area contributed by atoms with Gasteiger partial charge in [0.15, 0.2) is 0 Å². The minimum atomic E-state index is -0.326. The van der Waals surface area contributed by atoms with E-state index in [2.05, 4.69) is 6.07 Å². The van der Waals surface area contributed by atoms with Gasteiger partial charge in [-0.05, 0) is 30.2 Å². The average molecular weight is 241 g/mol. The van der Waals surface area contributed by atoms with E-state index in [-0.39, 0.29) is 12.0 Å². The number of hydrogen-bond donors (Lipinski definition) is 2. The Kier molecular flexibility index (Phi) is 4.35. The van der Waals surface area contributed by atoms with Crippen LogP contribution < -0.4 is 5.73 Å². The summed E-state index contributed by atoms with van der Waals surface area (Å²) in [5, 5.41) is 12.4. The van der Waals surface area contributed by atoms with Gasteiger partial charge in [-0.25, -0.2) is 0 Å². The van der Waals surface area contributed by atoms with Crippen molar-refractivity contribution in [3.63, 3.8) is 0 Å². The summed E-state index contributed by atoms with van der Waals surface area (Å²) in [5.74, 6) is 0.424. The molecule has 4 heteroatoms. The van der Waals surface area contributed by atoms with Crippen molar-refractivity contribution in [3.8, 4) is 0 Å². The van der Waals surface area contributed by atoms with E-state index in [0.717, 1.165) is 26.1 Å². The first-order chi connectivity index (χ1) is 7.83. The van der Waals surface area contributed by atoms with Crippen LogP contribution in [0, 0.1) is 5.92 Å². The number of nitrogens with two attached hydrogens (primary N) is 1. The Hall–Kier alpha value is -0.420. The minimum absolute atomic E-state index is 0.0862. The normalized spacial score (nSPS) is 21.9. The van der Waals surface area contributed by atoms with E-state index in [4.69, 9.17) is 10.5 Å². The quantitative estimate of drug-likeness (QED) is 0.841. The summed E-state index contributed by atoms with van der Waals surface area (Å²) in [6.07, 6.45) is 1.57. The molecule has 1 saturated heterocycles. The zero-order chi connectivity index (χ0) is 11.4. The highest BCUT2D eigenvalue weighted by Crippen LogP contribution is 2.31. The van der Waals surface area contributed by atoms with Crippen LogP contribution in [0.1, 0.15) is 23.6 Å². The van der Waals surface area contributed by atoms with Crippen LogP contribution in [0.3, 0.4) is 0 Å². The van der Waals surface area contributed by atoms with Gasteiger partial charge in [-0.2, -0.15) is 0 Å². The van der Waals surface area contributed by atoms with Gasteiger partial charge in [-0.15, -0.1) is 11.3 Å². The molecule has 0 spiro atoms. The van der Waals surface area contributed by atoms with Crippen molar-refractivity contribution >= 4 is 11.3 Å². The number of ether oxygens (including phenoxy) is 1. The molecule has 2 rings (SSSR count). The van der Waals surface area contributed by atoms with Crippen molar-refractivity contribution in [1.82, 2.24) is 0 Å². The van der Waals surface area contributed by atoms with E-state index in [1.165, 1.54) is 4.88 Å². The fourth-order valence-electron chi connectivity index (χ4n) is 2.31. The molecule has 0 saturated carbocycles. The largest absolute Gasteiger partial charge is 0.392 e. The van der Waals surface area contributed by atoms with Gasteiger partial charge in [-0.3, -0.25) is 0 Å². The van der Waals surface area contributed by atoms with Crippen LogP contribution in [0.2, 0.25) is 0 Å². The number of aliphatic hydroxyl groups excluding tert-OH is 1. The Bertz CT molecular complexity index is 296. The monoisotopic (exact) mass is 241 g/mol. The first-order valence-corrected chi connectivity index (χ1v) is 6.70. The predicted molar refractivity (Wildman–Crippen MR) is 65.7 cm³/mol. The lowest BCUT2D eigenvalue weighted by Gasteiger charge is -2.31. The van der Waals surface area contributed by atoms with Crippen molar-refractivity contribution in [3.05, 3.63) is 22.4 Å². The summed E-state index contributed by atoms with van der Waals surface area (Å²) in [4.78, 5) is 1.20. The summed E-state index contributed by atoms with van der Waals surface area (Å²) < 4.78 is 5.31. The van der Waals surface area contributed by atoms with E-state index >= 15 is 0 Å². The van der Waals surface area contributed by atoms with Crippen molar-refractivity contribution in [1.29, 1.82) is 0 Å². The lowest BCUT2D eigenvalue weighted by atomic mass is 9.85. The van der Waals surface area contributed by atoms with Gasteiger partial charge >= 0.3 is 0 Å². The van der Waals surface area contributed by atoms with E-state index < -0.39 is 0 Å². The molecule has 16 heavy (non-hydrogen) atoms. The van der Waals surface area contributed by atoms with Gasteiger partial charge in [0.2, 0.25) is 0 Å². The summed E-state index contributed by atoms with van der Waals surface area (Å²) in [5.41, 5.74) is 5.79. The third kappa shape index (κ3) is 2.63. The van der Waals surface area contributed by atoms with E-state index in [0.29, 0.717) is 12.5 Å². The van der Waals surface area contributed by atoms with E-state index in [1.54, 1.807) is 11.3 Å². The Labute approximate surface area is 100 Å². The van der Waals surface area contributed by atoms with Crippen LogP contribution in [-0.2, 0) is 4.74 Å². The molecule has 1 fully saturated rings. The predicted octanol–water partition coefficient (Wildman–Crippen LogP) is 1.58. The molecule has 3 N–H and O–H groups in total. The maximum Gasteiger partial charge on any atom is 0.0658 e. The number of hydrogen-bond acceptors (Lipinski definition) is 4. The molecule has 90 valence electrons. The van der Waals surface area contributed by atoms with Gasteiger partial charge in [0.25, 0.3) is 0 Å². The topological polar surface area (TPSA) is 55.5 Å². The standard InChI is InChI=1S/C12H19NO2S/c13-8-10(11-2-1-7-16-11)12(14)9-3-5-15-6-4-9/h1-2,7,9-10,12,14H,3-6,8,13H2. The smallest absolute Gasteiger partial charge is 0.0658 e. The van der Waals surface area contributed by atoms with E-state index in [9.17, 15) is 5.11 Å². The molecular weight excluding hydrogens is 222 g/mol. The van der Waals surface area contributed by atoms with Gasteiger partial charge in [0, 0.05) is 30.6 Å². The number of aliphatic hydroxyl groups is 1. The summed E-state index contributed by atoms with van der Waals surface area (Å²) in [6, 6.07) is 4.07. The molecule has 2 unspecified atom stereocenters. The zero-order valence-electron chi connectivity index (χ0n) is 9.34. The fourth-order valence-corrected chi connectivity index (χ4v) is 3.19. The molecule has 2 heterocycles. The van der Waals surface area contributed by atoms with Crippen LogP contribution in [-0.4, -0.2) is 31.0 Å². The van der Waals surface area contributed by atoms with Gasteiger partial charge < -0.3 is 15.6 Å². The highest BCUT2D eigenvalue weighted by molar-refractivity contribution is 7.10. The average Bonchev–Trinajstić information content (AvgIpc) is 2.85. The first kappa shape index (κ1) is 12.0. The second kappa shape index (κ2) is 5.77. The molecule has 1 aromatic heterocycles. The first-order valence-electron chi connectivity index (χ1n) is 5.82. The van der Waals surface area contributed by atoms with Crippen molar-refractivity contribution in [2.24, 2.45) is 11.7 Å². The molecule has 2 atom stereocenters. The van der Waals surface area contributed by atoms with Crippen LogP contribution in [0.4, 0.5) is 0 Å². The molecule has 0 amide bonds. The SMILES string of the molecule is NCC(c1cccs1)C(O)C1CCOCC1. The second-order valence-corrected chi connectivity index (χ2v) is 5.28. The highest BCUT2D eigenvalue weighted by atomic mass is 32.1. The Morgan fingerprint density at radius 1 is 1.50 bits per heavy atom. The third-order valence-electron chi connectivity index (χ3n) is 3.32. The van der Waals surface area contributed by atoms with Crippen molar-refractivity contribution in [2.45, 2.75) is 24.9 Å². The highest BCUT2D eigenvalue weighted by Gasteiger charge is 2.29. The van der Waals surface area contributed by atoms with E-state index in [1.807, 2.05) is 11.4 Å². The Balaban J connectivity index is 2.02. The zero-order valence-corrected chi connectivity index (χ0v) is 10.2. The summed E-state index contributed by atoms with van der Waals surface area (Å²) >= 11 is 1.68. The molecule has 3 nitrogen and oxygen atoms in total. The molecule has 1 aromatic rings. The third-order valence-corrected chi connectivity index (χ3v) is 4.33. The summed E-state index contributed by atoms with van der Waals surface area (Å²) in [6.45, 7) is 2.05. The van der Waals surface area contributed by atoms with Gasteiger partial charge in [-0.1, -0.05) is 6.07 Å². The van der Waals surface area contributed by atoms with Crippen LogP contribution in [0.15, 0.2) is 17.5 Å². The molecule has 0 bridgehead atoms. The Morgan fingerprint density at radius 2 is 2.25 bits per heavy atom. The second-order valence-electron chi connectivity index (χ2n) is 4.30. The van der Waals surface area contributed by atoms with Crippen LogP contribution >= 0.6 is 11.3 Å². The van der Waals surface area contributed by atoms with Crippen molar-refractivity contribution in [2.75, 3.05) is 19.8 Å². The maximum absolute atomic E-state index is 10.4. The molecule has 1 aliphatic heterocycles. The van der Waals surface area contributed by atoms with Gasteiger partial charge in [0.1, 0.15) is 0 Å². The number of thiophene rings is 1. The fraction of sp³-hybridized carbons (Fsp3) is 0.667. The van der Waals surface area contributed by atoms with Crippen molar-refractivity contribution < 1.29 is 9.84 Å².